The number of rotatable bonds is 6. The predicted molar refractivity (Wildman–Crippen MR) is 64.9 cm³/mol. The summed E-state index contributed by atoms with van der Waals surface area (Å²) < 4.78 is 28.6. The van der Waals surface area contributed by atoms with E-state index in [0.717, 1.165) is 0 Å². The van der Waals surface area contributed by atoms with Gasteiger partial charge in [0.25, 0.3) is 6.43 Å². The fourth-order valence-electron chi connectivity index (χ4n) is 1.91. The molecule has 1 rings (SSSR count). The van der Waals surface area contributed by atoms with Gasteiger partial charge in [-0.15, -0.1) is 0 Å². The second kappa shape index (κ2) is 6.79. The minimum Gasteiger partial charge on any atom is -0.374 e. The van der Waals surface area contributed by atoms with Crippen LogP contribution in [0.25, 0.3) is 0 Å². The van der Waals surface area contributed by atoms with E-state index in [2.05, 4.69) is 5.32 Å². The number of nitrogens with zero attached hydrogens (tertiary/aromatic N) is 1. The van der Waals surface area contributed by atoms with Crippen LogP contribution in [-0.2, 0) is 14.3 Å². The Bertz CT molecular complexity index is 339. The number of hydrogen-bond acceptors (Lipinski definition) is 3. The van der Waals surface area contributed by atoms with E-state index in [-0.39, 0.29) is 37.9 Å². The molecule has 1 unspecified atom stereocenters. The third kappa shape index (κ3) is 4.41. The van der Waals surface area contributed by atoms with Crippen molar-refractivity contribution in [3.63, 3.8) is 0 Å². The molecule has 7 heteroatoms. The molecule has 5 nitrogen and oxygen atoms in total. The van der Waals surface area contributed by atoms with E-state index in [1.54, 1.807) is 6.92 Å². The zero-order valence-corrected chi connectivity index (χ0v) is 11.2. The first-order chi connectivity index (χ1) is 8.89. The molecule has 19 heavy (non-hydrogen) atoms. The van der Waals surface area contributed by atoms with E-state index in [9.17, 15) is 18.4 Å². The zero-order valence-electron chi connectivity index (χ0n) is 11.2. The van der Waals surface area contributed by atoms with E-state index >= 15 is 0 Å². The topological polar surface area (TPSA) is 58.6 Å². The zero-order chi connectivity index (χ0) is 14.5. The number of halogens is 2. The van der Waals surface area contributed by atoms with Crippen molar-refractivity contribution in [1.82, 2.24) is 10.2 Å². The van der Waals surface area contributed by atoms with Crippen molar-refractivity contribution >= 4 is 11.8 Å². The van der Waals surface area contributed by atoms with Gasteiger partial charge in [0.05, 0.1) is 6.61 Å². The summed E-state index contributed by atoms with van der Waals surface area (Å²) in [7, 11) is 0. The number of alkyl halides is 2. The summed E-state index contributed by atoms with van der Waals surface area (Å²) in [6.45, 7) is 3.41. The first-order valence-electron chi connectivity index (χ1n) is 6.35. The highest BCUT2D eigenvalue weighted by atomic mass is 19.3. The first kappa shape index (κ1) is 15.8. The molecular weight excluding hydrogens is 258 g/mol. The molecule has 0 spiro atoms. The SMILES string of the molecule is CCC1(C)NC(=O)CCN(CCOCC(F)F)C1=O. The Kier molecular flexibility index (Phi) is 5.65. The van der Waals surface area contributed by atoms with Crippen LogP contribution >= 0.6 is 0 Å². The van der Waals surface area contributed by atoms with Crippen molar-refractivity contribution in [1.29, 1.82) is 0 Å². The van der Waals surface area contributed by atoms with Crippen LogP contribution in [0.4, 0.5) is 8.78 Å². The van der Waals surface area contributed by atoms with Gasteiger partial charge in [-0.25, -0.2) is 8.78 Å². The standard InChI is InChI=1S/C12H20F2N2O3/c1-3-12(2)11(18)16(5-4-10(17)15-12)6-7-19-8-9(13)14/h9H,3-8H2,1-2H3,(H,15,17). The summed E-state index contributed by atoms with van der Waals surface area (Å²) in [5.41, 5.74) is -0.920. The molecule has 0 aliphatic carbocycles. The monoisotopic (exact) mass is 278 g/mol. The molecule has 0 radical (unpaired) electrons. The van der Waals surface area contributed by atoms with Crippen LogP contribution < -0.4 is 5.32 Å². The third-order valence-electron chi connectivity index (χ3n) is 3.24. The van der Waals surface area contributed by atoms with Crippen LogP contribution in [0.5, 0.6) is 0 Å². The lowest BCUT2D eigenvalue weighted by Gasteiger charge is -2.31. The van der Waals surface area contributed by atoms with Crippen LogP contribution in [0.1, 0.15) is 26.7 Å². The molecule has 110 valence electrons. The molecule has 1 heterocycles. The Morgan fingerprint density at radius 3 is 2.74 bits per heavy atom. The molecule has 1 fully saturated rings. The molecule has 2 amide bonds. The number of carbonyl (C=O) groups excluding carboxylic acids is 2. The fraction of sp³-hybridized carbons (Fsp3) is 0.833. The average Bonchev–Trinajstić information content (AvgIpc) is 2.45. The lowest BCUT2D eigenvalue weighted by molar-refractivity contribution is -0.139. The summed E-state index contributed by atoms with van der Waals surface area (Å²) >= 11 is 0. The quantitative estimate of drug-likeness (QED) is 0.731. The van der Waals surface area contributed by atoms with Crippen LogP contribution in [-0.4, -0.2) is 55.0 Å². The molecule has 0 aromatic carbocycles. The highest BCUT2D eigenvalue weighted by molar-refractivity contribution is 5.93. The van der Waals surface area contributed by atoms with Crippen molar-refractivity contribution in [2.24, 2.45) is 0 Å². The molecule has 1 atom stereocenters. The molecule has 1 aliphatic heterocycles. The third-order valence-corrected chi connectivity index (χ3v) is 3.24. The Morgan fingerprint density at radius 1 is 1.47 bits per heavy atom. The number of amides is 2. The van der Waals surface area contributed by atoms with E-state index in [0.29, 0.717) is 6.42 Å². The number of hydrogen-bond donors (Lipinski definition) is 1. The van der Waals surface area contributed by atoms with E-state index in [4.69, 9.17) is 4.74 Å². The largest absolute Gasteiger partial charge is 0.374 e. The van der Waals surface area contributed by atoms with Crippen LogP contribution in [0.3, 0.4) is 0 Å². The summed E-state index contributed by atoms with van der Waals surface area (Å²) in [5.74, 6) is -0.366. The summed E-state index contributed by atoms with van der Waals surface area (Å²) in [4.78, 5) is 25.3. The number of ether oxygens (including phenoxy) is 1. The van der Waals surface area contributed by atoms with Crippen molar-refractivity contribution in [3.05, 3.63) is 0 Å². The van der Waals surface area contributed by atoms with Crippen molar-refractivity contribution in [3.8, 4) is 0 Å². The normalized spacial score (nSPS) is 24.6. The minimum atomic E-state index is -2.51. The molecule has 1 aliphatic rings. The summed E-state index contributed by atoms with van der Waals surface area (Å²) in [5, 5.41) is 2.70. The van der Waals surface area contributed by atoms with Gasteiger partial charge in [0, 0.05) is 19.5 Å². The van der Waals surface area contributed by atoms with Gasteiger partial charge < -0.3 is 15.0 Å². The second-order valence-corrected chi connectivity index (χ2v) is 4.74. The smallest absolute Gasteiger partial charge is 0.261 e. The second-order valence-electron chi connectivity index (χ2n) is 4.74. The molecular formula is C12H20F2N2O3. The summed E-state index contributed by atoms with van der Waals surface area (Å²) in [6.07, 6.45) is -1.81. The average molecular weight is 278 g/mol. The van der Waals surface area contributed by atoms with Gasteiger partial charge in [-0.2, -0.15) is 0 Å². The van der Waals surface area contributed by atoms with Gasteiger partial charge in [-0.05, 0) is 13.3 Å². The lowest BCUT2D eigenvalue weighted by Crippen LogP contribution is -2.55. The molecule has 1 N–H and O–H groups in total. The maximum Gasteiger partial charge on any atom is 0.261 e. The van der Waals surface area contributed by atoms with E-state index in [1.807, 2.05) is 6.92 Å². The number of nitrogens with one attached hydrogen (secondary N) is 1. The van der Waals surface area contributed by atoms with Gasteiger partial charge in [0.15, 0.2) is 0 Å². The van der Waals surface area contributed by atoms with Gasteiger partial charge in [0.2, 0.25) is 11.8 Å². The summed E-state index contributed by atoms with van der Waals surface area (Å²) in [6, 6.07) is 0. The maximum absolute atomic E-state index is 12.3. The molecule has 0 bridgehead atoms. The molecule has 0 aromatic rings. The van der Waals surface area contributed by atoms with Crippen LogP contribution in [0.15, 0.2) is 0 Å². The first-order valence-corrected chi connectivity index (χ1v) is 6.35. The Hall–Kier alpha value is -1.24. The van der Waals surface area contributed by atoms with E-state index in [1.165, 1.54) is 4.90 Å². The van der Waals surface area contributed by atoms with Crippen molar-refractivity contribution in [2.75, 3.05) is 26.3 Å². The highest BCUT2D eigenvalue weighted by Crippen LogP contribution is 2.17. The van der Waals surface area contributed by atoms with E-state index < -0.39 is 18.6 Å². The Morgan fingerprint density at radius 2 is 2.16 bits per heavy atom. The minimum absolute atomic E-state index is 0.0457. The van der Waals surface area contributed by atoms with Crippen LogP contribution in [0.2, 0.25) is 0 Å². The van der Waals surface area contributed by atoms with Crippen molar-refractivity contribution in [2.45, 2.75) is 38.7 Å². The maximum atomic E-state index is 12.3. The molecule has 0 saturated carbocycles. The van der Waals surface area contributed by atoms with Gasteiger partial charge in [-0.1, -0.05) is 6.92 Å². The van der Waals surface area contributed by atoms with Gasteiger partial charge >= 0.3 is 0 Å². The van der Waals surface area contributed by atoms with Crippen LogP contribution in [0, 0.1) is 0 Å². The predicted octanol–water partition coefficient (Wildman–Crippen LogP) is 0.785. The Labute approximate surface area is 111 Å². The highest BCUT2D eigenvalue weighted by Gasteiger charge is 2.38. The van der Waals surface area contributed by atoms with Gasteiger partial charge in [0.1, 0.15) is 12.1 Å². The lowest BCUT2D eigenvalue weighted by atomic mass is 9.97. The molecule has 1 saturated heterocycles. The van der Waals surface area contributed by atoms with Gasteiger partial charge in [-0.3, -0.25) is 9.59 Å². The number of carbonyl (C=O) groups is 2. The van der Waals surface area contributed by atoms with Crippen molar-refractivity contribution < 1.29 is 23.1 Å². The Balaban J connectivity index is 2.56. The fourth-order valence-corrected chi connectivity index (χ4v) is 1.91. The molecule has 0 aromatic heterocycles.